The molecule has 2 N–H and O–H groups in total. The largest absolute Gasteiger partial charge is 0.381 e. The number of aromatic amines is 1. The lowest BCUT2D eigenvalue weighted by molar-refractivity contribution is 0.330. The van der Waals surface area contributed by atoms with Gasteiger partial charge in [0.05, 0.1) is 0 Å². The summed E-state index contributed by atoms with van der Waals surface area (Å²) < 4.78 is 0. The first kappa shape index (κ1) is 17.0. The number of pyridine rings is 1. The van der Waals surface area contributed by atoms with Gasteiger partial charge in [0.2, 0.25) is 0 Å². The monoisotopic (exact) mass is 369 g/mol. The molecule has 0 spiro atoms. The second kappa shape index (κ2) is 7.13. The lowest BCUT2D eigenvalue weighted by Gasteiger charge is -2.18. The van der Waals surface area contributed by atoms with Crippen molar-refractivity contribution in [2.75, 3.05) is 18.4 Å². The third-order valence-corrected chi connectivity index (χ3v) is 5.69. The molecule has 28 heavy (non-hydrogen) atoms. The van der Waals surface area contributed by atoms with Crippen molar-refractivity contribution in [2.45, 2.75) is 19.0 Å². The number of nitrogens with zero attached hydrogens (tertiary/aromatic N) is 1. The van der Waals surface area contributed by atoms with Gasteiger partial charge in [0, 0.05) is 42.9 Å². The van der Waals surface area contributed by atoms with E-state index in [0.29, 0.717) is 6.04 Å². The Kier molecular flexibility index (Phi) is 4.34. The standard InChI is InChI=1S/C24H23N3O/c28-24-23-9-8-20(14-18(23)10-12-25-24)26-21-11-13-27(16-21)15-19-6-3-5-17-4-1-2-7-22(17)19/h1-10,12,14,21,26H,11,13,15-16H2,(H,25,28). The highest BCUT2D eigenvalue weighted by Gasteiger charge is 2.22. The molecule has 1 atom stereocenters. The van der Waals surface area contributed by atoms with E-state index in [4.69, 9.17) is 0 Å². The van der Waals surface area contributed by atoms with Crippen molar-refractivity contribution >= 4 is 27.2 Å². The van der Waals surface area contributed by atoms with E-state index in [1.807, 2.05) is 18.2 Å². The predicted octanol–water partition coefficient (Wildman–Crippen LogP) is 4.37. The Balaban J connectivity index is 1.29. The molecule has 2 heterocycles. The van der Waals surface area contributed by atoms with E-state index in [-0.39, 0.29) is 5.56 Å². The fourth-order valence-corrected chi connectivity index (χ4v) is 4.28. The van der Waals surface area contributed by atoms with E-state index in [0.717, 1.165) is 42.5 Å². The Bertz CT molecular complexity index is 1190. The average molecular weight is 369 g/mol. The molecule has 0 aliphatic carbocycles. The van der Waals surface area contributed by atoms with Gasteiger partial charge in [0.1, 0.15) is 0 Å². The molecular weight excluding hydrogens is 346 g/mol. The summed E-state index contributed by atoms with van der Waals surface area (Å²) in [7, 11) is 0. The Hall–Kier alpha value is -3.11. The van der Waals surface area contributed by atoms with Crippen LogP contribution in [0.2, 0.25) is 0 Å². The van der Waals surface area contributed by atoms with Crippen molar-refractivity contribution in [3.8, 4) is 0 Å². The van der Waals surface area contributed by atoms with Crippen LogP contribution in [-0.4, -0.2) is 29.0 Å². The van der Waals surface area contributed by atoms with Gasteiger partial charge < -0.3 is 10.3 Å². The number of aromatic nitrogens is 1. The number of rotatable bonds is 4. The van der Waals surface area contributed by atoms with Gasteiger partial charge in [0.15, 0.2) is 0 Å². The summed E-state index contributed by atoms with van der Waals surface area (Å²) in [5.41, 5.74) is 2.44. The summed E-state index contributed by atoms with van der Waals surface area (Å²) in [6, 6.07) is 23.5. The molecular formula is C24H23N3O. The summed E-state index contributed by atoms with van der Waals surface area (Å²) in [4.78, 5) is 17.1. The summed E-state index contributed by atoms with van der Waals surface area (Å²) in [6.07, 6.45) is 2.83. The topological polar surface area (TPSA) is 48.1 Å². The molecule has 5 rings (SSSR count). The zero-order valence-corrected chi connectivity index (χ0v) is 15.7. The first-order chi connectivity index (χ1) is 13.8. The number of H-pyrrole nitrogens is 1. The highest BCUT2D eigenvalue weighted by atomic mass is 16.1. The number of anilines is 1. The maximum Gasteiger partial charge on any atom is 0.255 e. The SMILES string of the molecule is O=c1[nH]ccc2cc(NC3CCN(Cc4cccc5ccccc45)C3)ccc12. The van der Waals surface area contributed by atoms with Gasteiger partial charge in [-0.1, -0.05) is 42.5 Å². The van der Waals surface area contributed by atoms with Crippen LogP contribution >= 0.6 is 0 Å². The lowest BCUT2D eigenvalue weighted by Crippen LogP contribution is -2.26. The van der Waals surface area contributed by atoms with Crippen molar-refractivity contribution in [1.82, 2.24) is 9.88 Å². The minimum Gasteiger partial charge on any atom is -0.381 e. The fourth-order valence-electron chi connectivity index (χ4n) is 4.28. The first-order valence-electron chi connectivity index (χ1n) is 9.83. The normalized spacial score (nSPS) is 17.4. The molecule has 4 heteroatoms. The summed E-state index contributed by atoms with van der Waals surface area (Å²) in [6.45, 7) is 3.09. The minimum absolute atomic E-state index is 0.0359. The summed E-state index contributed by atoms with van der Waals surface area (Å²) >= 11 is 0. The Morgan fingerprint density at radius 1 is 0.964 bits per heavy atom. The maximum absolute atomic E-state index is 11.9. The van der Waals surface area contributed by atoms with Gasteiger partial charge >= 0.3 is 0 Å². The second-order valence-electron chi connectivity index (χ2n) is 7.61. The molecule has 3 aromatic carbocycles. The number of hydrogen-bond acceptors (Lipinski definition) is 3. The molecule has 1 aromatic heterocycles. The van der Waals surface area contributed by atoms with Crippen LogP contribution in [0.4, 0.5) is 5.69 Å². The van der Waals surface area contributed by atoms with E-state index in [9.17, 15) is 4.79 Å². The molecule has 140 valence electrons. The fraction of sp³-hybridized carbons (Fsp3) is 0.208. The molecule has 1 fully saturated rings. The molecule has 4 nitrogen and oxygen atoms in total. The summed E-state index contributed by atoms with van der Waals surface area (Å²) in [5, 5.41) is 8.01. The number of nitrogens with one attached hydrogen (secondary N) is 2. The van der Waals surface area contributed by atoms with Gasteiger partial charge in [-0.15, -0.1) is 0 Å². The van der Waals surface area contributed by atoms with Gasteiger partial charge in [-0.3, -0.25) is 9.69 Å². The van der Waals surface area contributed by atoms with E-state index in [2.05, 4.69) is 63.7 Å². The molecule has 0 radical (unpaired) electrons. The molecule has 1 aliphatic rings. The van der Waals surface area contributed by atoms with Crippen LogP contribution in [0.1, 0.15) is 12.0 Å². The maximum atomic E-state index is 11.9. The van der Waals surface area contributed by atoms with Crippen molar-refractivity contribution < 1.29 is 0 Å². The Labute approximate surface area is 163 Å². The van der Waals surface area contributed by atoms with Crippen LogP contribution in [0.3, 0.4) is 0 Å². The van der Waals surface area contributed by atoms with Crippen LogP contribution in [0, 0.1) is 0 Å². The zero-order chi connectivity index (χ0) is 18.9. The van der Waals surface area contributed by atoms with Crippen LogP contribution in [0.5, 0.6) is 0 Å². The van der Waals surface area contributed by atoms with Crippen LogP contribution in [-0.2, 0) is 6.54 Å². The predicted molar refractivity (Wildman–Crippen MR) is 116 cm³/mol. The molecule has 1 unspecified atom stereocenters. The number of fused-ring (bicyclic) bond motifs is 2. The van der Waals surface area contributed by atoms with Gasteiger partial charge in [0.25, 0.3) is 5.56 Å². The van der Waals surface area contributed by atoms with Gasteiger partial charge in [-0.05, 0) is 52.4 Å². The number of hydrogen-bond donors (Lipinski definition) is 2. The molecule has 0 bridgehead atoms. The average Bonchev–Trinajstić information content (AvgIpc) is 3.15. The molecule has 1 saturated heterocycles. The van der Waals surface area contributed by atoms with Gasteiger partial charge in [-0.2, -0.15) is 0 Å². The third-order valence-electron chi connectivity index (χ3n) is 5.69. The smallest absolute Gasteiger partial charge is 0.255 e. The first-order valence-corrected chi connectivity index (χ1v) is 9.83. The second-order valence-corrected chi connectivity index (χ2v) is 7.61. The van der Waals surface area contributed by atoms with Gasteiger partial charge in [-0.25, -0.2) is 0 Å². The number of benzene rings is 3. The van der Waals surface area contributed by atoms with Crippen molar-refractivity contribution in [3.63, 3.8) is 0 Å². The highest BCUT2D eigenvalue weighted by molar-refractivity contribution is 5.86. The zero-order valence-electron chi connectivity index (χ0n) is 15.7. The van der Waals surface area contributed by atoms with E-state index >= 15 is 0 Å². The highest BCUT2D eigenvalue weighted by Crippen LogP contribution is 2.24. The molecule has 4 aromatic rings. The van der Waals surface area contributed by atoms with E-state index < -0.39 is 0 Å². The lowest BCUT2D eigenvalue weighted by atomic mass is 10.0. The Morgan fingerprint density at radius 2 is 1.86 bits per heavy atom. The Morgan fingerprint density at radius 3 is 2.82 bits per heavy atom. The molecule has 0 saturated carbocycles. The third kappa shape index (κ3) is 3.27. The summed E-state index contributed by atoms with van der Waals surface area (Å²) in [5.74, 6) is 0. The molecule has 1 aliphatic heterocycles. The quantitative estimate of drug-likeness (QED) is 0.562. The van der Waals surface area contributed by atoms with Crippen LogP contribution in [0.15, 0.2) is 77.7 Å². The van der Waals surface area contributed by atoms with Crippen LogP contribution < -0.4 is 10.9 Å². The van der Waals surface area contributed by atoms with E-state index in [1.165, 1.54) is 16.3 Å². The van der Waals surface area contributed by atoms with Crippen molar-refractivity contribution in [2.24, 2.45) is 0 Å². The van der Waals surface area contributed by atoms with Crippen molar-refractivity contribution in [1.29, 1.82) is 0 Å². The minimum atomic E-state index is -0.0359. The molecule has 0 amide bonds. The van der Waals surface area contributed by atoms with Crippen molar-refractivity contribution in [3.05, 3.63) is 88.8 Å². The van der Waals surface area contributed by atoms with E-state index in [1.54, 1.807) is 6.20 Å². The number of likely N-dealkylation sites (tertiary alicyclic amines) is 1. The van der Waals surface area contributed by atoms with Crippen LogP contribution in [0.25, 0.3) is 21.5 Å².